The van der Waals surface area contributed by atoms with E-state index in [4.69, 9.17) is 11.6 Å². The summed E-state index contributed by atoms with van der Waals surface area (Å²) in [6.07, 6.45) is 4.21. The largest absolute Gasteiger partial charge is 0.354 e. The zero-order valence-electron chi connectivity index (χ0n) is 13.7. The van der Waals surface area contributed by atoms with Crippen LogP contribution in [0.1, 0.15) is 35.7 Å². The molecule has 0 unspecified atom stereocenters. The summed E-state index contributed by atoms with van der Waals surface area (Å²) in [4.78, 5) is 16.1. The van der Waals surface area contributed by atoms with E-state index in [2.05, 4.69) is 27.7 Å². The van der Waals surface area contributed by atoms with E-state index >= 15 is 0 Å². The smallest absolute Gasteiger partial charge is 0.224 e. The Hall–Kier alpha value is -1.36. The molecule has 1 aromatic carbocycles. The van der Waals surface area contributed by atoms with Crippen LogP contribution in [0.5, 0.6) is 0 Å². The van der Waals surface area contributed by atoms with Crippen LogP contribution >= 0.6 is 22.9 Å². The summed E-state index contributed by atoms with van der Waals surface area (Å²) in [6.45, 7) is 2.91. The minimum absolute atomic E-state index is 0.0656. The third kappa shape index (κ3) is 4.82. The van der Waals surface area contributed by atoms with Crippen LogP contribution in [0.3, 0.4) is 0 Å². The number of carbonyl (C=O) groups is 1. The van der Waals surface area contributed by atoms with Crippen molar-refractivity contribution in [2.24, 2.45) is 0 Å². The second-order valence-corrected chi connectivity index (χ2v) is 7.65. The molecule has 0 aliphatic carbocycles. The van der Waals surface area contributed by atoms with Crippen LogP contribution in [-0.2, 0) is 11.2 Å². The third-order valence-electron chi connectivity index (χ3n) is 4.47. The first-order chi connectivity index (χ1) is 11.7. The van der Waals surface area contributed by atoms with Crippen molar-refractivity contribution in [2.45, 2.75) is 31.7 Å². The van der Waals surface area contributed by atoms with Crippen LogP contribution in [0.2, 0.25) is 5.02 Å². The molecule has 1 atom stereocenters. The van der Waals surface area contributed by atoms with Crippen molar-refractivity contribution in [3.8, 4) is 0 Å². The number of amides is 1. The van der Waals surface area contributed by atoms with Crippen molar-refractivity contribution in [3.63, 3.8) is 0 Å². The van der Waals surface area contributed by atoms with E-state index in [1.807, 2.05) is 24.3 Å². The predicted octanol–water partition coefficient (Wildman–Crippen LogP) is 4.29. The van der Waals surface area contributed by atoms with Crippen LogP contribution in [0.4, 0.5) is 0 Å². The Morgan fingerprint density at radius 2 is 1.92 bits per heavy atom. The average Bonchev–Trinajstić information content (AvgIpc) is 3.12. The first kappa shape index (κ1) is 17.5. The summed E-state index contributed by atoms with van der Waals surface area (Å²) in [5, 5.41) is 5.93. The molecule has 0 radical (unpaired) electrons. The Morgan fingerprint density at radius 1 is 1.17 bits per heavy atom. The zero-order chi connectivity index (χ0) is 16.8. The number of halogens is 1. The molecule has 3 rings (SSSR count). The normalized spacial score (nSPS) is 16.7. The first-order valence-corrected chi connectivity index (χ1v) is 9.77. The van der Waals surface area contributed by atoms with Gasteiger partial charge in [0.15, 0.2) is 0 Å². The van der Waals surface area contributed by atoms with E-state index < -0.39 is 0 Å². The lowest BCUT2D eigenvalue weighted by Crippen LogP contribution is -2.40. The molecule has 1 aliphatic rings. The second-order valence-electron chi connectivity index (χ2n) is 6.24. The fourth-order valence-corrected chi connectivity index (χ4v) is 4.17. The number of carbonyl (C=O) groups excluding carboxylic acids is 1. The molecule has 0 saturated carbocycles. The van der Waals surface area contributed by atoms with Gasteiger partial charge in [-0.1, -0.05) is 36.2 Å². The topological polar surface area (TPSA) is 32.3 Å². The number of likely N-dealkylation sites (tertiary alicyclic amines) is 1. The van der Waals surface area contributed by atoms with Crippen LogP contribution in [0, 0.1) is 0 Å². The second kappa shape index (κ2) is 8.65. The highest BCUT2D eigenvalue weighted by molar-refractivity contribution is 7.10. The Kier molecular flexibility index (Phi) is 6.30. The molecule has 5 heteroatoms. The van der Waals surface area contributed by atoms with Crippen molar-refractivity contribution in [1.82, 2.24) is 10.2 Å². The van der Waals surface area contributed by atoms with Gasteiger partial charge in [0.05, 0.1) is 12.5 Å². The Morgan fingerprint density at radius 3 is 2.58 bits per heavy atom. The van der Waals surface area contributed by atoms with Gasteiger partial charge in [0, 0.05) is 16.4 Å². The van der Waals surface area contributed by atoms with Gasteiger partial charge in [-0.15, -0.1) is 11.3 Å². The van der Waals surface area contributed by atoms with Gasteiger partial charge in [-0.25, -0.2) is 0 Å². The number of benzene rings is 1. The fraction of sp³-hybridized carbons (Fsp3) is 0.421. The van der Waals surface area contributed by atoms with E-state index in [1.54, 1.807) is 11.3 Å². The minimum atomic E-state index is 0.0656. The highest BCUT2D eigenvalue weighted by Gasteiger charge is 2.23. The number of rotatable bonds is 6. The van der Waals surface area contributed by atoms with Crippen LogP contribution < -0.4 is 5.32 Å². The molecule has 1 N–H and O–H groups in total. The molecule has 128 valence electrons. The summed E-state index contributed by atoms with van der Waals surface area (Å²) in [7, 11) is 0. The minimum Gasteiger partial charge on any atom is -0.354 e. The molecule has 2 aromatic rings. The molecule has 0 spiro atoms. The van der Waals surface area contributed by atoms with Crippen molar-refractivity contribution in [1.29, 1.82) is 0 Å². The Balaban J connectivity index is 1.58. The lowest BCUT2D eigenvalue weighted by Gasteiger charge is -2.34. The number of thiophene rings is 1. The summed E-state index contributed by atoms with van der Waals surface area (Å²) in [5.41, 5.74) is 0.988. The standard InChI is InChI=1S/C19H23ClN2OS/c20-16-8-6-15(7-9-16)13-19(23)21-14-17(18-5-4-12-24-18)22-10-2-1-3-11-22/h4-9,12,17H,1-3,10-11,13-14H2,(H,21,23)/t17-/m1/s1. The van der Waals surface area contributed by atoms with Gasteiger partial charge >= 0.3 is 0 Å². The van der Waals surface area contributed by atoms with Gasteiger partial charge in [-0.3, -0.25) is 9.69 Å². The number of nitrogens with zero attached hydrogens (tertiary/aromatic N) is 1. The summed E-state index contributed by atoms with van der Waals surface area (Å²) >= 11 is 7.66. The molecule has 1 aromatic heterocycles. The van der Waals surface area contributed by atoms with Gasteiger partial charge in [-0.05, 0) is 55.1 Å². The lowest BCUT2D eigenvalue weighted by atomic mass is 10.1. The van der Waals surface area contributed by atoms with Crippen molar-refractivity contribution in [3.05, 3.63) is 57.2 Å². The quantitative estimate of drug-likeness (QED) is 0.831. The molecule has 0 bridgehead atoms. The summed E-state index contributed by atoms with van der Waals surface area (Å²) < 4.78 is 0. The van der Waals surface area contributed by atoms with E-state index in [9.17, 15) is 4.79 Å². The highest BCUT2D eigenvalue weighted by atomic mass is 35.5. The number of piperidine rings is 1. The Labute approximate surface area is 152 Å². The molecule has 1 saturated heterocycles. The van der Waals surface area contributed by atoms with Gasteiger partial charge in [0.25, 0.3) is 0 Å². The van der Waals surface area contributed by atoms with E-state index in [0.29, 0.717) is 24.0 Å². The van der Waals surface area contributed by atoms with Crippen LogP contribution in [0.25, 0.3) is 0 Å². The van der Waals surface area contributed by atoms with Crippen molar-refractivity contribution in [2.75, 3.05) is 19.6 Å². The molecule has 1 aliphatic heterocycles. The molecule has 2 heterocycles. The lowest BCUT2D eigenvalue weighted by molar-refractivity contribution is -0.120. The van der Waals surface area contributed by atoms with Gasteiger partial charge in [0.2, 0.25) is 5.91 Å². The maximum atomic E-state index is 12.3. The van der Waals surface area contributed by atoms with Crippen molar-refractivity contribution >= 4 is 28.8 Å². The highest BCUT2D eigenvalue weighted by Crippen LogP contribution is 2.27. The first-order valence-electron chi connectivity index (χ1n) is 8.51. The monoisotopic (exact) mass is 362 g/mol. The molecule has 3 nitrogen and oxygen atoms in total. The molecule has 1 amide bonds. The van der Waals surface area contributed by atoms with Crippen LogP contribution in [0.15, 0.2) is 41.8 Å². The fourth-order valence-electron chi connectivity index (χ4n) is 3.18. The van der Waals surface area contributed by atoms with Crippen molar-refractivity contribution < 1.29 is 4.79 Å². The molecular formula is C19H23ClN2OS. The van der Waals surface area contributed by atoms with E-state index in [-0.39, 0.29) is 5.91 Å². The van der Waals surface area contributed by atoms with Gasteiger partial charge < -0.3 is 5.32 Å². The average molecular weight is 363 g/mol. The van der Waals surface area contributed by atoms with E-state index in [1.165, 1.54) is 24.1 Å². The number of hydrogen-bond acceptors (Lipinski definition) is 3. The maximum absolute atomic E-state index is 12.3. The van der Waals surface area contributed by atoms with Gasteiger partial charge in [-0.2, -0.15) is 0 Å². The SMILES string of the molecule is O=C(Cc1ccc(Cl)cc1)NC[C@H](c1cccs1)N1CCCCC1. The number of nitrogens with one attached hydrogen (secondary N) is 1. The van der Waals surface area contributed by atoms with E-state index in [0.717, 1.165) is 18.7 Å². The van der Waals surface area contributed by atoms with Crippen LogP contribution in [-0.4, -0.2) is 30.4 Å². The molecular weight excluding hydrogens is 340 g/mol. The predicted molar refractivity (Wildman–Crippen MR) is 101 cm³/mol. The molecule has 24 heavy (non-hydrogen) atoms. The third-order valence-corrected chi connectivity index (χ3v) is 5.70. The maximum Gasteiger partial charge on any atom is 0.224 e. The zero-order valence-corrected chi connectivity index (χ0v) is 15.3. The Bertz CT molecular complexity index is 636. The van der Waals surface area contributed by atoms with Gasteiger partial charge in [0.1, 0.15) is 0 Å². The molecule has 1 fully saturated rings. The number of hydrogen-bond donors (Lipinski definition) is 1. The summed E-state index contributed by atoms with van der Waals surface area (Å²) in [5.74, 6) is 0.0656. The summed E-state index contributed by atoms with van der Waals surface area (Å²) in [6, 6.07) is 12.0.